The second-order valence-corrected chi connectivity index (χ2v) is 5.65. The number of aromatic nitrogens is 3. The molecule has 2 unspecified atom stereocenters. The van der Waals surface area contributed by atoms with E-state index in [1.54, 1.807) is 0 Å². The molecule has 3 rings (SSSR count). The zero-order chi connectivity index (χ0) is 11.8. The highest BCUT2D eigenvalue weighted by Gasteiger charge is 2.26. The summed E-state index contributed by atoms with van der Waals surface area (Å²) in [5.74, 6) is 3.02. The Hall–Kier alpha value is -0.900. The Morgan fingerprint density at radius 2 is 2.00 bits per heavy atom. The van der Waals surface area contributed by atoms with Gasteiger partial charge in [0.1, 0.15) is 11.6 Å². The van der Waals surface area contributed by atoms with E-state index in [9.17, 15) is 0 Å². The molecular formula is C13H22N4. The van der Waals surface area contributed by atoms with Crippen LogP contribution in [0.2, 0.25) is 0 Å². The molecule has 0 radical (unpaired) electrons. The van der Waals surface area contributed by atoms with E-state index in [4.69, 9.17) is 0 Å². The lowest BCUT2D eigenvalue weighted by Gasteiger charge is -2.23. The van der Waals surface area contributed by atoms with Gasteiger partial charge in [0.05, 0.1) is 0 Å². The maximum Gasteiger partial charge on any atom is 0.135 e. The molecule has 0 aliphatic carbocycles. The van der Waals surface area contributed by atoms with E-state index in [0.717, 1.165) is 13.0 Å². The lowest BCUT2D eigenvalue weighted by molar-refractivity contribution is 0.301. The fourth-order valence-corrected chi connectivity index (χ4v) is 3.24. The Balaban J connectivity index is 1.79. The van der Waals surface area contributed by atoms with E-state index in [1.807, 2.05) is 0 Å². The molecule has 4 nitrogen and oxygen atoms in total. The zero-order valence-electron chi connectivity index (χ0n) is 10.9. The molecular weight excluding hydrogens is 212 g/mol. The summed E-state index contributed by atoms with van der Waals surface area (Å²) in [4.78, 5) is 2.47. The van der Waals surface area contributed by atoms with Crippen molar-refractivity contribution in [2.75, 3.05) is 13.6 Å². The van der Waals surface area contributed by atoms with E-state index in [0.29, 0.717) is 12.0 Å². The third-order valence-corrected chi connectivity index (χ3v) is 4.41. The molecule has 0 saturated carbocycles. The minimum Gasteiger partial charge on any atom is -0.315 e. The Morgan fingerprint density at radius 1 is 1.18 bits per heavy atom. The monoisotopic (exact) mass is 234 g/mol. The molecule has 2 aliphatic heterocycles. The number of likely N-dealkylation sites (tertiary alicyclic amines) is 1. The van der Waals surface area contributed by atoms with Crippen LogP contribution in [0, 0.1) is 0 Å². The average molecular weight is 234 g/mol. The van der Waals surface area contributed by atoms with Gasteiger partial charge in [0.25, 0.3) is 0 Å². The molecule has 3 heterocycles. The van der Waals surface area contributed by atoms with Crippen molar-refractivity contribution >= 4 is 0 Å². The van der Waals surface area contributed by atoms with Gasteiger partial charge in [-0.25, -0.2) is 0 Å². The van der Waals surface area contributed by atoms with Crippen LogP contribution in [-0.2, 0) is 13.0 Å². The summed E-state index contributed by atoms with van der Waals surface area (Å²) in [6, 6.07) is 0.681. The third kappa shape index (κ3) is 1.99. The van der Waals surface area contributed by atoms with Crippen molar-refractivity contribution in [3.63, 3.8) is 0 Å². The van der Waals surface area contributed by atoms with Gasteiger partial charge in [0, 0.05) is 24.9 Å². The predicted octanol–water partition coefficient (Wildman–Crippen LogP) is 1.81. The standard InChI is InChI=1S/C13H22N4/c1-10-5-3-8-17-12(14-15-13(10)17)9-11-6-4-7-16(11)2/h10-11H,3-9H2,1-2H3. The quantitative estimate of drug-likeness (QED) is 0.782. The van der Waals surface area contributed by atoms with Gasteiger partial charge in [0.15, 0.2) is 0 Å². The van der Waals surface area contributed by atoms with Crippen molar-refractivity contribution in [2.24, 2.45) is 0 Å². The molecule has 4 heteroatoms. The van der Waals surface area contributed by atoms with Crippen molar-refractivity contribution < 1.29 is 0 Å². The van der Waals surface area contributed by atoms with Crippen LogP contribution in [0.15, 0.2) is 0 Å². The van der Waals surface area contributed by atoms with E-state index < -0.39 is 0 Å². The summed E-state index contributed by atoms with van der Waals surface area (Å²) < 4.78 is 2.38. The fourth-order valence-electron chi connectivity index (χ4n) is 3.24. The first-order valence-electron chi connectivity index (χ1n) is 6.88. The van der Waals surface area contributed by atoms with Crippen molar-refractivity contribution in [2.45, 2.75) is 57.5 Å². The van der Waals surface area contributed by atoms with Crippen LogP contribution in [0.1, 0.15) is 50.2 Å². The molecule has 2 atom stereocenters. The molecule has 0 aromatic carbocycles. The van der Waals surface area contributed by atoms with Gasteiger partial charge in [0.2, 0.25) is 0 Å². The van der Waals surface area contributed by atoms with Crippen molar-refractivity contribution in [3.8, 4) is 0 Å². The molecule has 1 aromatic rings. The van der Waals surface area contributed by atoms with E-state index in [2.05, 4.69) is 33.6 Å². The molecule has 1 aromatic heterocycles. The summed E-state index contributed by atoms with van der Waals surface area (Å²) in [7, 11) is 2.23. The number of fused-ring (bicyclic) bond motifs is 1. The van der Waals surface area contributed by atoms with Gasteiger partial charge in [-0.05, 0) is 39.3 Å². The zero-order valence-corrected chi connectivity index (χ0v) is 10.9. The topological polar surface area (TPSA) is 34.0 Å². The predicted molar refractivity (Wildman–Crippen MR) is 67.0 cm³/mol. The maximum atomic E-state index is 4.43. The third-order valence-electron chi connectivity index (χ3n) is 4.41. The highest BCUT2D eigenvalue weighted by atomic mass is 15.3. The Morgan fingerprint density at radius 3 is 2.76 bits per heavy atom. The highest BCUT2D eigenvalue weighted by molar-refractivity contribution is 5.05. The van der Waals surface area contributed by atoms with Gasteiger partial charge in [-0.15, -0.1) is 10.2 Å². The van der Waals surface area contributed by atoms with Crippen LogP contribution < -0.4 is 0 Å². The van der Waals surface area contributed by atoms with E-state index >= 15 is 0 Å². The Bertz CT molecular complexity index is 398. The molecule has 94 valence electrons. The molecule has 1 saturated heterocycles. The van der Waals surface area contributed by atoms with Crippen molar-refractivity contribution in [3.05, 3.63) is 11.6 Å². The second kappa shape index (κ2) is 4.41. The van der Waals surface area contributed by atoms with Gasteiger partial charge in [-0.1, -0.05) is 6.92 Å². The van der Waals surface area contributed by atoms with Crippen LogP contribution >= 0.6 is 0 Å². The molecule has 2 aliphatic rings. The van der Waals surface area contributed by atoms with Gasteiger partial charge < -0.3 is 9.47 Å². The molecule has 17 heavy (non-hydrogen) atoms. The summed E-state index contributed by atoms with van der Waals surface area (Å²) >= 11 is 0. The largest absolute Gasteiger partial charge is 0.315 e. The lowest BCUT2D eigenvalue weighted by atomic mass is 10.0. The summed E-state index contributed by atoms with van der Waals surface area (Å²) in [5, 5.41) is 8.83. The van der Waals surface area contributed by atoms with Crippen molar-refractivity contribution in [1.29, 1.82) is 0 Å². The Kier molecular flexibility index (Phi) is 2.90. The van der Waals surface area contributed by atoms with Crippen molar-refractivity contribution in [1.82, 2.24) is 19.7 Å². The smallest absolute Gasteiger partial charge is 0.135 e. The van der Waals surface area contributed by atoms with Gasteiger partial charge in [-0.2, -0.15) is 0 Å². The van der Waals surface area contributed by atoms with E-state index in [-0.39, 0.29) is 0 Å². The van der Waals surface area contributed by atoms with Crippen LogP contribution in [0.3, 0.4) is 0 Å². The number of hydrogen-bond donors (Lipinski definition) is 0. The molecule has 0 spiro atoms. The molecule has 0 bridgehead atoms. The average Bonchev–Trinajstić information content (AvgIpc) is 2.89. The SMILES string of the molecule is CC1CCCn2c(CC3CCCN3C)nnc21. The summed E-state index contributed by atoms with van der Waals surface area (Å²) in [5.41, 5.74) is 0. The second-order valence-electron chi connectivity index (χ2n) is 5.65. The first kappa shape index (κ1) is 11.2. The van der Waals surface area contributed by atoms with Crippen LogP contribution in [0.5, 0.6) is 0 Å². The van der Waals surface area contributed by atoms with Gasteiger partial charge in [-0.3, -0.25) is 0 Å². The number of rotatable bonds is 2. The maximum absolute atomic E-state index is 4.43. The van der Waals surface area contributed by atoms with Crippen LogP contribution in [0.25, 0.3) is 0 Å². The van der Waals surface area contributed by atoms with Crippen LogP contribution in [-0.4, -0.2) is 39.3 Å². The molecule has 0 amide bonds. The minimum absolute atomic E-state index is 0.589. The highest BCUT2D eigenvalue weighted by Crippen LogP contribution is 2.27. The summed E-state index contributed by atoms with van der Waals surface area (Å²) in [6.07, 6.45) is 6.27. The Labute approximate surface area is 103 Å². The summed E-state index contributed by atoms with van der Waals surface area (Å²) in [6.45, 7) is 4.63. The first-order valence-corrected chi connectivity index (χ1v) is 6.88. The first-order chi connectivity index (χ1) is 8.25. The van der Waals surface area contributed by atoms with E-state index in [1.165, 1.54) is 43.9 Å². The molecule has 1 fully saturated rings. The minimum atomic E-state index is 0.589. The van der Waals surface area contributed by atoms with Gasteiger partial charge >= 0.3 is 0 Å². The van der Waals surface area contributed by atoms with Crippen LogP contribution in [0.4, 0.5) is 0 Å². The lowest BCUT2D eigenvalue weighted by Crippen LogP contribution is -2.28. The number of likely N-dealkylation sites (N-methyl/N-ethyl adjacent to an activating group) is 1. The fraction of sp³-hybridized carbons (Fsp3) is 0.846. The molecule has 0 N–H and O–H groups in total. The number of hydrogen-bond acceptors (Lipinski definition) is 3. The normalized spacial score (nSPS) is 29.5. The number of nitrogens with zero attached hydrogens (tertiary/aromatic N) is 4.